The molecule has 0 fully saturated rings. The van der Waals surface area contributed by atoms with Crippen LogP contribution in [0.2, 0.25) is 0 Å². The summed E-state index contributed by atoms with van der Waals surface area (Å²) in [6.45, 7) is 0.506. The molecule has 3 nitrogen and oxygen atoms in total. The number of halogens is 4. The number of ether oxygens (including phenoxy) is 1. The van der Waals surface area contributed by atoms with Gasteiger partial charge in [0.25, 0.3) is 0 Å². The highest BCUT2D eigenvalue weighted by Gasteiger charge is 2.31. The molecule has 0 aliphatic heterocycles. The molecule has 0 spiro atoms. The van der Waals surface area contributed by atoms with Crippen molar-refractivity contribution in [3.63, 3.8) is 0 Å². The summed E-state index contributed by atoms with van der Waals surface area (Å²) in [5.74, 6) is -0.252. The van der Waals surface area contributed by atoms with E-state index in [1.807, 2.05) is 0 Å². The molecule has 0 aromatic heterocycles. The third-order valence-corrected chi connectivity index (χ3v) is 2.24. The second-order valence-electron chi connectivity index (χ2n) is 3.66. The molecule has 1 atom stereocenters. The maximum Gasteiger partial charge on any atom is 0.573 e. The summed E-state index contributed by atoms with van der Waals surface area (Å²) in [5.41, 5.74) is 11.8. The van der Waals surface area contributed by atoms with Crippen molar-refractivity contribution in [2.75, 3.05) is 6.54 Å². The maximum absolute atomic E-state index is 12.0. The van der Waals surface area contributed by atoms with E-state index in [4.69, 9.17) is 11.5 Å². The van der Waals surface area contributed by atoms with E-state index in [1.54, 1.807) is 6.07 Å². The lowest BCUT2D eigenvalue weighted by atomic mass is 10.0. The van der Waals surface area contributed by atoms with Gasteiger partial charge in [0.1, 0.15) is 5.75 Å². The Bertz CT molecular complexity index is 360. The first-order valence-corrected chi connectivity index (χ1v) is 5.24. The van der Waals surface area contributed by atoms with Crippen molar-refractivity contribution in [1.82, 2.24) is 0 Å². The second-order valence-corrected chi connectivity index (χ2v) is 3.66. The van der Waals surface area contributed by atoms with Crippen LogP contribution in [0.4, 0.5) is 13.2 Å². The van der Waals surface area contributed by atoms with Crippen molar-refractivity contribution in [2.45, 2.75) is 25.2 Å². The quantitative estimate of drug-likeness (QED) is 0.874. The summed E-state index contributed by atoms with van der Waals surface area (Å²) in [6, 6.07) is 5.38. The van der Waals surface area contributed by atoms with E-state index in [0.717, 1.165) is 6.42 Å². The minimum absolute atomic E-state index is 0. The molecule has 7 heteroatoms. The van der Waals surface area contributed by atoms with Crippen LogP contribution in [0, 0.1) is 0 Å². The molecule has 0 radical (unpaired) electrons. The maximum atomic E-state index is 12.0. The van der Waals surface area contributed by atoms with Crippen molar-refractivity contribution in [1.29, 1.82) is 0 Å². The molecule has 0 bridgehead atoms. The van der Waals surface area contributed by atoms with Gasteiger partial charge in [-0.05, 0) is 37.1 Å². The Morgan fingerprint density at radius 1 is 1.28 bits per heavy atom. The van der Waals surface area contributed by atoms with E-state index < -0.39 is 6.36 Å². The van der Waals surface area contributed by atoms with Crippen molar-refractivity contribution in [3.05, 3.63) is 29.8 Å². The molecule has 1 aromatic rings. The molecule has 0 saturated heterocycles. The zero-order valence-electron chi connectivity index (χ0n) is 9.61. The minimum atomic E-state index is -4.68. The zero-order chi connectivity index (χ0) is 12.9. The molecular weight excluding hydrogens is 269 g/mol. The number of hydrogen-bond donors (Lipinski definition) is 2. The highest BCUT2D eigenvalue weighted by molar-refractivity contribution is 5.85. The van der Waals surface area contributed by atoms with Gasteiger partial charge >= 0.3 is 6.36 Å². The van der Waals surface area contributed by atoms with Crippen molar-refractivity contribution in [3.8, 4) is 5.75 Å². The predicted molar refractivity (Wildman–Crippen MR) is 65.6 cm³/mol. The summed E-state index contributed by atoms with van der Waals surface area (Å²) in [4.78, 5) is 0. The molecule has 1 rings (SSSR count). The van der Waals surface area contributed by atoms with Crippen LogP contribution in [0.25, 0.3) is 0 Å². The third-order valence-electron chi connectivity index (χ3n) is 2.24. The molecule has 18 heavy (non-hydrogen) atoms. The van der Waals surface area contributed by atoms with Crippen LogP contribution in [0.15, 0.2) is 24.3 Å². The number of rotatable bonds is 5. The van der Waals surface area contributed by atoms with Crippen LogP contribution < -0.4 is 16.2 Å². The molecule has 0 saturated carbocycles. The fourth-order valence-electron chi connectivity index (χ4n) is 1.45. The number of alkyl halides is 3. The first-order valence-electron chi connectivity index (χ1n) is 5.24. The molecule has 0 unspecified atom stereocenters. The lowest BCUT2D eigenvalue weighted by Crippen LogP contribution is -2.18. The van der Waals surface area contributed by atoms with Gasteiger partial charge in [-0.2, -0.15) is 0 Å². The highest BCUT2D eigenvalue weighted by atomic mass is 35.5. The second kappa shape index (κ2) is 7.45. The SMILES string of the molecule is Cl.NCCC[C@@H](N)c1cccc(OC(F)(F)F)c1. The largest absolute Gasteiger partial charge is 0.573 e. The lowest BCUT2D eigenvalue weighted by Gasteiger charge is -2.14. The molecule has 0 aliphatic rings. The fraction of sp³-hybridized carbons (Fsp3) is 0.455. The van der Waals surface area contributed by atoms with Crippen LogP contribution in [0.1, 0.15) is 24.4 Å². The van der Waals surface area contributed by atoms with E-state index in [0.29, 0.717) is 18.5 Å². The Labute approximate surface area is 110 Å². The van der Waals surface area contributed by atoms with Crippen LogP contribution in [0.3, 0.4) is 0 Å². The molecule has 0 heterocycles. The molecule has 104 valence electrons. The summed E-state index contributed by atoms with van der Waals surface area (Å²) >= 11 is 0. The lowest BCUT2D eigenvalue weighted by molar-refractivity contribution is -0.274. The van der Waals surface area contributed by atoms with Crippen LogP contribution in [-0.2, 0) is 0 Å². The Hall–Kier alpha value is -0.980. The third kappa shape index (κ3) is 6.09. The van der Waals surface area contributed by atoms with Crippen LogP contribution in [-0.4, -0.2) is 12.9 Å². The highest BCUT2D eigenvalue weighted by Crippen LogP contribution is 2.26. The smallest absolute Gasteiger partial charge is 0.406 e. The minimum Gasteiger partial charge on any atom is -0.406 e. The normalized spacial score (nSPS) is 12.7. The van der Waals surface area contributed by atoms with Gasteiger partial charge in [0, 0.05) is 6.04 Å². The molecule has 4 N–H and O–H groups in total. The van der Waals surface area contributed by atoms with Gasteiger partial charge < -0.3 is 16.2 Å². The van der Waals surface area contributed by atoms with Gasteiger partial charge in [0.2, 0.25) is 0 Å². The Morgan fingerprint density at radius 2 is 1.94 bits per heavy atom. The van der Waals surface area contributed by atoms with Gasteiger partial charge in [0.15, 0.2) is 0 Å². The summed E-state index contributed by atoms with van der Waals surface area (Å²) < 4.78 is 39.8. The van der Waals surface area contributed by atoms with Gasteiger partial charge in [-0.1, -0.05) is 12.1 Å². The van der Waals surface area contributed by atoms with Crippen molar-refractivity contribution >= 4 is 12.4 Å². The van der Waals surface area contributed by atoms with E-state index in [2.05, 4.69) is 4.74 Å². The molecule has 0 amide bonds. The van der Waals surface area contributed by atoms with E-state index in [9.17, 15) is 13.2 Å². The van der Waals surface area contributed by atoms with E-state index in [-0.39, 0.29) is 24.2 Å². The Kier molecular flexibility index (Phi) is 7.05. The average molecular weight is 285 g/mol. The number of hydrogen-bond acceptors (Lipinski definition) is 3. The van der Waals surface area contributed by atoms with Crippen molar-refractivity contribution in [2.24, 2.45) is 11.5 Å². The van der Waals surface area contributed by atoms with Crippen LogP contribution >= 0.6 is 12.4 Å². The standard InChI is InChI=1S/C11H15F3N2O.ClH/c12-11(13,14)17-9-4-1-3-8(7-9)10(16)5-2-6-15;/h1,3-4,7,10H,2,5-6,15-16H2;1H/t10-;/m1./s1. The average Bonchev–Trinajstić information content (AvgIpc) is 2.24. The summed E-state index contributed by atoms with van der Waals surface area (Å²) in [5, 5.41) is 0. The summed E-state index contributed by atoms with van der Waals surface area (Å²) in [7, 11) is 0. The number of benzene rings is 1. The Balaban J connectivity index is 0.00000289. The van der Waals surface area contributed by atoms with E-state index in [1.165, 1.54) is 18.2 Å². The van der Waals surface area contributed by atoms with Gasteiger partial charge in [-0.15, -0.1) is 25.6 Å². The fourth-order valence-corrected chi connectivity index (χ4v) is 1.45. The topological polar surface area (TPSA) is 61.3 Å². The molecular formula is C11H16ClF3N2O. The first-order chi connectivity index (χ1) is 7.92. The molecule has 0 aliphatic carbocycles. The Morgan fingerprint density at radius 3 is 2.50 bits per heavy atom. The first kappa shape index (κ1) is 17.0. The van der Waals surface area contributed by atoms with Gasteiger partial charge in [0.05, 0.1) is 0 Å². The predicted octanol–water partition coefficient (Wildman–Crippen LogP) is 2.75. The van der Waals surface area contributed by atoms with E-state index >= 15 is 0 Å². The monoisotopic (exact) mass is 284 g/mol. The number of nitrogens with two attached hydrogens (primary N) is 2. The van der Waals surface area contributed by atoms with Crippen LogP contribution in [0.5, 0.6) is 5.75 Å². The zero-order valence-corrected chi connectivity index (χ0v) is 10.4. The molecule has 1 aromatic carbocycles. The van der Waals surface area contributed by atoms with Gasteiger partial charge in [-0.3, -0.25) is 0 Å². The summed E-state index contributed by atoms with van der Waals surface area (Å²) in [6.07, 6.45) is -3.32. The van der Waals surface area contributed by atoms with Gasteiger partial charge in [-0.25, -0.2) is 0 Å². The van der Waals surface area contributed by atoms with Crippen molar-refractivity contribution < 1.29 is 17.9 Å².